The molecule has 12 heterocycles. The second kappa shape index (κ2) is 37.7. The fourth-order valence-corrected chi connectivity index (χ4v) is 18.2. The minimum absolute atomic E-state index is 0. The number of hydrogen-bond acceptors (Lipinski definition) is 36. The van der Waals surface area contributed by atoms with E-state index in [1.54, 1.807) is 6.07 Å². The van der Waals surface area contributed by atoms with Crippen molar-refractivity contribution in [1.82, 2.24) is 38.2 Å². The van der Waals surface area contributed by atoms with Gasteiger partial charge in [0.25, 0.3) is 45.7 Å². The van der Waals surface area contributed by atoms with Gasteiger partial charge in [0, 0.05) is 89.9 Å². The maximum Gasteiger partial charge on any atom is 0.530 e. The quantitative estimate of drug-likeness (QED) is 0.0243. The molecule has 20 atom stereocenters. The third kappa shape index (κ3) is 20.8. The third-order valence-electron chi connectivity index (χ3n) is 18.3. The lowest BCUT2D eigenvalue weighted by Crippen LogP contribution is -2.43. The standard InChI is InChI=1S/3C17H17ClFN2O8PS.C16H15ClFN2O8PS.ClH/c3*1-8-5-21(16(31)20-14(8)24)15-12(22)13(23)17(19,28-15)7-27-30(25)26-6-9-4-10(18)2-3-11(9)29-30;17-9-1-2-10-8(5-9)6-25-29(24,28-10)26-7-16(18)13(23)12(22)14(27-16)20-4-3-11(21)19-15(20)30;/h3*2-5,12-13,15,22-23H,6-7H2,1H3,(H,20,24,31);1-5,12-14,22-23H,6-7H2,(H,19,21,30);1H/t3*12-,13+,15-,17-,30?;12-,13+,14-,16-,29?;/m1111./s1/i7D2,15D;15D;;7D2;. The topological polar surface area (TPSA) is 529 Å². The van der Waals surface area contributed by atoms with E-state index >= 15 is 17.6 Å². The van der Waals surface area contributed by atoms with E-state index in [1.807, 2.05) is 0 Å². The number of phosphoric acid groups is 4. The van der Waals surface area contributed by atoms with Gasteiger partial charge in [-0.1, -0.05) is 46.4 Å². The van der Waals surface area contributed by atoms with Crippen molar-refractivity contribution in [2.75, 3.05) is 26.3 Å². The molecule has 0 radical (unpaired) electrons. The van der Waals surface area contributed by atoms with Gasteiger partial charge < -0.3 is 77.9 Å². The molecular formula is C67H67Cl5F4N8O32P4S4. The molecule has 40 nitrogen and oxygen atoms in total. The summed E-state index contributed by atoms with van der Waals surface area (Å²) >= 11 is 43.3. The van der Waals surface area contributed by atoms with Gasteiger partial charge in [0.1, 0.15) is 98.2 Å². The molecule has 0 saturated carbocycles. The summed E-state index contributed by atoms with van der Waals surface area (Å²) < 4.78 is 245. The van der Waals surface area contributed by atoms with Crippen LogP contribution >= 0.6 is 139 Å². The number of nitrogens with one attached hydrogen (secondary N) is 4. The number of ether oxygens (including phenoxy) is 4. The van der Waals surface area contributed by atoms with E-state index in [0.29, 0.717) is 46.9 Å². The maximum atomic E-state index is 15.9. The number of aliphatic hydroxyl groups excluding tert-OH is 8. The highest BCUT2D eigenvalue weighted by atomic mass is 35.5. The Labute approximate surface area is 747 Å². The van der Waals surface area contributed by atoms with Crippen LogP contribution in [0.15, 0.2) is 123 Å². The molecule has 124 heavy (non-hydrogen) atoms. The highest BCUT2D eigenvalue weighted by Gasteiger charge is 2.62. The largest absolute Gasteiger partial charge is 0.530 e. The maximum absolute atomic E-state index is 15.9. The number of aryl methyl sites for hydroxylation is 3. The first kappa shape index (κ1) is 88.4. The van der Waals surface area contributed by atoms with Crippen molar-refractivity contribution >= 4 is 139 Å². The molecule has 4 aromatic heterocycles. The van der Waals surface area contributed by atoms with Crippen molar-refractivity contribution in [2.45, 2.75) is 144 Å². The number of benzene rings is 4. The van der Waals surface area contributed by atoms with E-state index in [1.165, 1.54) is 93.7 Å². The minimum Gasteiger partial charge on any atom is -0.404 e. The molecule has 8 aliphatic rings. The van der Waals surface area contributed by atoms with Crippen LogP contribution in [-0.4, -0.2) is 178 Å². The Morgan fingerprint density at radius 1 is 0.435 bits per heavy atom. The summed E-state index contributed by atoms with van der Waals surface area (Å²) in [6.45, 7) is -6.65. The van der Waals surface area contributed by atoms with E-state index in [2.05, 4.69) is 19.9 Å². The minimum atomic E-state index is -4.83. The molecule has 0 spiro atoms. The van der Waals surface area contributed by atoms with E-state index in [-0.39, 0.29) is 92.8 Å². The Morgan fingerprint density at radius 3 is 1.09 bits per heavy atom. The Morgan fingerprint density at radius 2 is 0.718 bits per heavy atom. The number of hydrogen-bond donors (Lipinski definition) is 12. The summed E-state index contributed by atoms with van der Waals surface area (Å²) in [5.41, 5.74) is -0.162. The number of halogens is 9. The smallest absolute Gasteiger partial charge is 0.404 e. The molecule has 8 aliphatic heterocycles. The van der Waals surface area contributed by atoms with Crippen LogP contribution in [0.2, 0.25) is 20.1 Å². The van der Waals surface area contributed by atoms with E-state index < -0.39 is 182 Å². The van der Waals surface area contributed by atoms with E-state index in [4.69, 9.17) is 177 Å². The molecular weight excluding hydrogens is 1930 g/mol. The van der Waals surface area contributed by atoms with Crippen molar-refractivity contribution in [2.24, 2.45) is 0 Å². The molecule has 4 saturated heterocycles. The Bertz CT molecular complexity index is 6520. The Hall–Kier alpha value is -6.23. The highest BCUT2D eigenvalue weighted by Crippen LogP contribution is 2.61. The Balaban J connectivity index is 0.000000157. The lowest BCUT2D eigenvalue weighted by molar-refractivity contribution is -0.205. The number of aromatic nitrogens is 8. The molecule has 674 valence electrons. The van der Waals surface area contributed by atoms with Crippen molar-refractivity contribution in [3.05, 3.63) is 223 Å². The number of fused-ring (bicyclic) bond motifs is 4. The summed E-state index contributed by atoms with van der Waals surface area (Å²) in [4.78, 5) is 55.4. The van der Waals surface area contributed by atoms with Crippen molar-refractivity contribution < 1.29 is 158 Å². The zero-order valence-electron chi connectivity index (χ0n) is 68.3. The van der Waals surface area contributed by atoms with Crippen LogP contribution in [0.5, 0.6) is 23.0 Å². The summed E-state index contributed by atoms with van der Waals surface area (Å²) in [5, 5.41) is 84.1. The SMILES string of the molecule is Cc1cn([C@@H]2O[C@](F)(COP3(=O)OCc4cc(Cl)ccc4O3)[C@@H](O)[C@H]2O)c(=S)[nH]c1=O.Cl.[2H]C([2H])(OP1(=O)OCc2cc(Cl)ccc2O1)[C@@]1(F)O[C@@H](n2ccc(=O)[nH]c2=S)[C@H](O)[C@@H]1O.[2H]C([2H])(OP1(=O)OCc2cc(Cl)ccc2O1)[C@@]1(F)O[C@@]([2H])(n2cc(C)c(=O)[nH]c2=S)[C@H](O)[C@@H]1O.[2H][C@@]1(n2cc(C)c(=O)[nH]c2=S)O[C@](F)(COP2(=O)OCc3cc(Cl)ccc3O2)[C@@H](O)[C@H]1O. The van der Waals surface area contributed by atoms with E-state index in [0.717, 1.165) is 38.4 Å². The summed E-state index contributed by atoms with van der Waals surface area (Å²) in [7, 11) is -18.1. The first-order chi connectivity index (χ1) is 59.8. The van der Waals surface area contributed by atoms with Crippen molar-refractivity contribution in [3.63, 3.8) is 0 Å². The van der Waals surface area contributed by atoms with Crippen LogP contribution in [0, 0.1) is 39.9 Å². The number of alkyl halides is 4. The zero-order valence-corrected chi connectivity index (χ0v) is 73.0. The van der Waals surface area contributed by atoms with Gasteiger partial charge in [-0.05, 0) is 142 Å². The Kier molecular flexibility index (Phi) is 26.9. The molecule has 16 rings (SSSR count). The third-order valence-corrected chi connectivity index (χ3v) is 25.4. The molecule has 4 fully saturated rings. The molecule has 8 aromatic rings. The van der Waals surface area contributed by atoms with Crippen LogP contribution in [0.4, 0.5) is 17.6 Å². The van der Waals surface area contributed by atoms with Gasteiger partial charge in [0.2, 0.25) is 0 Å². The van der Waals surface area contributed by atoms with Crippen LogP contribution in [0.1, 0.15) is 72.0 Å². The van der Waals surface area contributed by atoms with Gasteiger partial charge in [-0.15, -0.1) is 12.4 Å². The number of H-pyrrole nitrogens is 4. The lowest BCUT2D eigenvalue weighted by Gasteiger charge is -2.28. The first-order valence-electron chi connectivity index (χ1n) is 37.7. The fourth-order valence-electron chi connectivity index (χ4n) is 11.8. The summed E-state index contributed by atoms with van der Waals surface area (Å²) in [6.07, 6.45) is -22.6. The molecule has 4 aromatic carbocycles. The number of nitrogens with zero attached hydrogens (tertiary/aromatic N) is 4. The zero-order chi connectivity index (χ0) is 94.8. The molecule has 12 N–H and O–H groups in total. The number of phosphoric ester groups is 4. The second-order valence-electron chi connectivity index (χ2n) is 27.0. The van der Waals surface area contributed by atoms with Gasteiger partial charge in [-0.25, -0.2) is 35.8 Å². The normalized spacial score (nSPS) is 34.5. The predicted molar refractivity (Wildman–Crippen MR) is 431 cm³/mol. The van der Waals surface area contributed by atoms with Crippen LogP contribution in [-0.2, 0) is 99.8 Å². The van der Waals surface area contributed by atoms with Gasteiger partial charge in [0.15, 0.2) is 43.9 Å². The van der Waals surface area contributed by atoms with Gasteiger partial charge in [-0.3, -0.25) is 93.6 Å². The monoisotopic (exact) mass is 2000 g/mol. The number of aliphatic hydroxyl groups is 8. The summed E-state index contributed by atoms with van der Waals surface area (Å²) in [6, 6.07) is 18.3. The molecule has 4 unspecified atom stereocenters. The van der Waals surface area contributed by atoms with E-state index in [9.17, 15) is 78.3 Å². The van der Waals surface area contributed by atoms with Crippen LogP contribution in [0.25, 0.3) is 0 Å². The van der Waals surface area contributed by atoms with Crippen molar-refractivity contribution in [3.8, 4) is 23.0 Å². The molecule has 0 aliphatic carbocycles. The van der Waals surface area contributed by atoms with Crippen LogP contribution in [0.3, 0.4) is 0 Å². The van der Waals surface area contributed by atoms with Crippen molar-refractivity contribution in [1.29, 1.82) is 0 Å². The first-order valence-corrected chi connectivity index (χ1v) is 43.7. The molecule has 57 heteroatoms. The molecule has 0 amide bonds. The number of aromatic amines is 4. The van der Waals surface area contributed by atoms with Gasteiger partial charge in [-0.2, -0.15) is 0 Å². The van der Waals surface area contributed by atoms with Crippen LogP contribution < -0.4 is 40.3 Å². The molecule has 0 bridgehead atoms. The predicted octanol–water partition coefficient (Wildman–Crippen LogP) is 10.2. The van der Waals surface area contributed by atoms with Gasteiger partial charge in [0.05, 0.1) is 34.7 Å². The summed E-state index contributed by atoms with van der Waals surface area (Å²) in [5.74, 6) is -13.6. The second-order valence-corrected chi connectivity index (χ2v) is 36.5. The lowest BCUT2D eigenvalue weighted by atomic mass is 10.1. The average molecular weight is 2010 g/mol. The average Bonchev–Trinajstić information content (AvgIpc) is 1.54. The highest BCUT2D eigenvalue weighted by molar-refractivity contribution is 7.71. The number of rotatable bonds is 16. The fraction of sp³-hybridized carbons (Fsp3) is 0.403. The van der Waals surface area contributed by atoms with Gasteiger partial charge >= 0.3 is 31.3 Å².